The molecular weight excluding hydrogens is 268 g/mol. The van der Waals surface area contributed by atoms with E-state index in [0.717, 1.165) is 31.2 Å². The quantitative estimate of drug-likeness (QED) is 0.820. The summed E-state index contributed by atoms with van der Waals surface area (Å²) in [5.74, 6) is -0.00144. The molecule has 20 heavy (non-hydrogen) atoms. The Morgan fingerprint density at radius 2 is 1.90 bits per heavy atom. The van der Waals surface area contributed by atoms with Gasteiger partial charge in [0, 0.05) is 22.3 Å². The van der Waals surface area contributed by atoms with Gasteiger partial charge in [-0.25, -0.2) is 0 Å². The molecule has 3 nitrogen and oxygen atoms in total. The second kappa shape index (κ2) is 6.64. The van der Waals surface area contributed by atoms with Crippen LogP contribution in [0.4, 0.5) is 0 Å². The molecule has 0 bridgehead atoms. The fourth-order valence-electron chi connectivity index (χ4n) is 2.70. The number of carbonyl (C=O) groups is 1. The molecule has 4 heteroatoms. The van der Waals surface area contributed by atoms with E-state index in [9.17, 15) is 4.79 Å². The normalized spacial score (nSPS) is 17.4. The number of amides is 1. The number of rotatable bonds is 5. The molecule has 0 heterocycles. The first-order valence-electron chi connectivity index (χ1n) is 7.34. The zero-order valence-electron chi connectivity index (χ0n) is 12.3. The van der Waals surface area contributed by atoms with Crippen LogP contribution in [-0.2, 0) is 0 Å². The Balaban J connectivity index is 2.02. The van der Waals surface area contributed by atoms with Crippen molar-refractivity contribution in [3.63, 3.8) is 0 Å². The molecular formula is C16H24N2OS. The fraction of sp³-hybridized carbons (Fsp3) is 0.562. The molecule has 0 atom stereocenters. The third-order valence-corrected chi connectivity index (χ3v) is 4.83. The number of nitrogens with two attached hydrogens (primary N) is 1. The minimum atomic E-state index is -0.178. The maximum Gasteiger partial charge on any atom is 0.251 e. The summed E-state index contributed by atoms with van der Waals surface area (Å²) >= 11 is 1.80. The van der Waals surface area contributed by atoms with Gasteiger partial charge in [0.25, 0.3) is 5.91 Å². The Morgan fingerprint density at radius 1 is 1.30 bits per heavy atom. The van der Waals surface area contributed by atoms with E-state index in [1.807, 2.05) is 24.3 Å². The van der Waals surface area contributed by atoms with Gasteiger partial charge < -0.3 is 11.1 Å². The van der Waals surface area contributed by atoms with Crippen molar-refractivity contribution in [1.82, 2.24) is 5.32 Å². The van der Waals surface area contributed by atoms with Crippen LogP contribution in [0.2, 0.25) is 0 Å². The molecule has 0 aromatic heterocycles. The van der Waals surface area contributed by atoms with Gasteiger partial charge in [0.2, 0.25) is 0 Å². The van der Waals surface area contributed by atoms with Gasteiger partial charge in [-0.15, -0.1) is 11.8 Å². The zero-order valence-corrected chi connectivity index (χ0v) is 13.1. The van der Waals surface area contributed by atoms with E-state index < -0.39 is 0 Å². The highest BCUT2D eigenvalue weighted by atomic mass is 32.2. The van der Waals surface area contributed by atoms with E-state index in [4.69, 9.17) is 5.73 Å². The molecule has 1 aliphatic carbocycles. The first-order valence-corrected chi connectivity index (χ1v) is 8.22. The number of hydrogen-bond acceptors (Lipinski definition) is 3. The lowest BCUT2D eigenvalue weighted by Crippen LogP contribution is -2.51. The van der Waals surface area contributed by atoms with Crippen LogP contribution >= 0.6 is 11.8 Å². The molecule has 1 amide bonds. The average Bonchev–Trinajstić information content (AvgIpc) is 2.88. The van der Waals surface area contributed by atoms with Gasteiger partial charge in [-0.1, -0.05) is 26.7 Å². The highest BCUT2D eigenvalue weighted by Gasteiger charge is 2.33. The second-order valence-corrected chi connectivity index (χ2v) is 7.49. The Labute approximate surface area is 125 Å². The molecule has 1 aliphatic rings. The van der Waals surface area contributed by atoms with Crippen LogP contribution in [0.1, 0.15) is 49.9 Å². The largest absolute Gasteiger partial charge is 0.345 e. The topological polar surface area (TPSA) is 55.1 Å². The molecule has 0 radical (unpaired) electrons. The van der Waals surface area contributed by atoms with E-state index in [-0.39, 0.29) is 11.4 Å². The van der Waals surface area contributed by atoms with E-state index in [1.165, 1.54) is 4.90 Å². The number of benzene rings is 1. The van der Waals surface area contributed by atoms with E-state index in [2.05, 4.69) is 19.2 Å². The van der Waals surface area contributed by atoms with Gasteiger partial charge in [-0.3, -0.25) is 4.79 Å². The minimum absolute atomic E-state index is 0.00144. The van der Waals surface area contributed by atoms with Crippen molar-refractivity contribution < 1.29 is 4.79 Å². The molecule has 0 unspecified atom stereocenters. The molecule has 0 aliphatic heterocycles. The van der Waals surface area contributed by atoms with Gasteiger partial charge >= 0.3 is 0 Å². The lowest BCUT2D eigenvalue weighted by atomic mass is 9.97. The third-order valence-electron chi connectivity index (χ3n) is 3.82. The lowest BCUT2D eigenvalue weighted by molar-refractivity contribution is 0.0903. The Hall–Kier alpha value is -1.00. The molecule has 110 valence electrons. The number of carbonyl (C=O) groups excluding carboxylic acids is 1. The summed E-state index contributed by atoms with van der Waals surface area (Å²) < 4.78 is 0. The number of hydrogen-bond donors (Lipinski definition) is 2. The summed E-state index contributed by atoms with van der Waals surface area (Å²) in [5.41, 5.74) is 6.40. The summed E-state index contributed by atoms with van der Waals surface area (Å²) in [4.78, 5) is 13.5. The van der Waals surface area contributed by atoms with Gasteiger partial charge in [0.15, 0.2) is 0 Å². The number of thioether (sulfide) groups is 1. The van der Waals surface area contributed by atoms with Crippen LogP contribution in [0.3, 0.4) is 0 Å². The van der Waals surface area contributed by atoms with Gasteiger partial charge in [0.1, 0.15) is 0 Å². The van der Waals surface area contributed by atoms with Crippen LogP contribution in [-0.4, -0.2) is 23.2 Å². The van der Waals surface area contributed by atoms with Gasteiger partial charge in [0.05, 0.1) is 5.54 Å². The Bertz CT molecular complexity index is 450. The molecule has 2 rings (SSSR count). The van der Waals surface area contributed by atoms with Crippen molar-refractivity contribution in [3.05, 3.63) is 29.8 Å². The van der Waals surface area contributed by atoms with E-state index in [0.29, 0.717) is 11.8 Å². The van der Waals surface area contributed by atoms with E-state index in [1.54, 1.807) is 11.8 Å². The smallest absolute Gasteiger partial charge is 0.251 e. The maximum absolute atomic E-state index is 12.3. The fourth-order valence-corrected chi connectivity index (χ4v) is 3.54. The van der Waals surface area contributed by atoms with Gasteiger partial charge in [-0.05, 0) is 37.1 Å². The highest BCUT2D eigenvalue weighted by Crippen LogP contribution is 2.29. The predicted octanol–water partition coefficient (Wildman–Crippen LogP) is 3.19. The first-order chi connectivity index (χ1) is 9.54. The first kappa shape index (κ1) is 15.4. The molecule has 3 N–H and O–H groups in total. The Morgan fingerprint density at radius 3 is 2.40 bits per heavy atom. The van der Waals surface area contributed by atoms with Gasteiger partial charge in [-0.2, -0.15) is 0 Å². The van der Waals surface area contributed by atoms with E-state index >= 15 is 0 Å². The molecule has 0 spiro atoms. The van der Waals surface area contributed by atoms with Crippen molar-refractivity contribution in [2.45, 2.75) is 55.2 Å². The second-order valence-electron chi connectivity index (χ2n) is 5.84. The van der Waals surface area contributed by atoms with Crippen LogP contribution in [0.25, 0.3) is 0 Å². The summed E-state index contributed by atoms with van der Waals surface area (Å²) in [7, 11) is 0. The third kappa shape index (κ3) is 3.76. The highest BCUT2D eigenvalue weighted by molar-refractivity contribution is 7.99. The summed E-state index contributed by atoms with van der Waals surface area (Å²) in [6.45, 7) is 4.85. The predicted molar refractivity (Wildman–Crippen MR) is 85.2 cm³/mol. The van der Waals surface area contributed by atoms with Crippen molar-refractivity contribution in [2.75, 3.05) is 6.54 Å². The SMILES string of the molecule is CC(C)Sc1ccc(C(=O)NC2(CN)CCCC2)cc1. The maximum atomic E-state index is 12.3. The minimum Gasteiger partial charge on any atom is -0.345 e. The van der Waals surface area contributed by atoms with Crippen LogP contribution in [0, 0.1) is 0 Å². The van der Waals surface area contributed by atoms with Crippen molar-refractivity contribution in [1.29, 1.82) is 0 Å². The molecule has 1 saturated carbocycles. The van der Waals surface area contributed by atoms with Crippen molar-refractivity contribution >= 4 is 17.7 Å². The Kier molecular flexibility index (Phi) is 5.11. The molecule has 1 aromatic rings. The zero-order chi connectivity index (χ0) is 14.6. The van der Waals surface area contributed by atoms with Crippen LogP contribution < -0.4 is 11.1 Å². The summed E-state index contributed by atoms with van der Waals surface area (Å²) in [6.07, 6.45) is 4.30. The standard InChI is InChI=1S/C16H24N2OS/c1-12(2)20-14-7-5-13(6-8-14)15(19)18-16(11-17)9-3-4-10-16/h5-8,12H,3-4,9-11,17H2,1-2H3,(H,18,19). The summed E-state index contributed by atoms with van der Waals surface area (Å²) in [6, 6.07) is 7.84. The number of nitrogens with one attached hydrogen (secondary N) is 1. The van der Waals surface area contributed by atoms with Crippen molar-refractivity contribution in [3.8, 4) is 0 Å². The summed E-state index contributed by atoms with van der Waals surface area (Å²) in [5, 5.41) is 3.70. The van der Waals surface area contributed by atoms with Crippen LogP contribution in [0.5, 0.6) is 0 Å². The monoisotopic (exact) mass is 292 g/mol. The molecule has 1 aromatic carbocycles. The lowest BCUT2D eigenvalue weighted by Gasteiger charge is -2.28. The molecule has 0 saturated heterocycles. The molecule has 1 fully saturated rings. The van der Waals surface area contributed by atoms with Crippen molar-refractivity contribution in [2.24, 2.45) is 5.73 Å². The van der Waals surface area contributed by atoms with Crippen LogP contribution in [0.15, 0.2) is 29.2 Å². The average molecular weight is 292 g/mol.